The predicted octanol–water partition coefficient (Wildman–Crippen LogP) is 4.50. The highest BCUT2D eigenvalue weighted by Gasteiger charge is 2.33. The van der Waals surface area contributed by atoms with Gasteiger partial charge in [0.05, 0.1) is 11.3 Å². The summed E-state index contributed by atoms with van der Waals surface area (Å²) in [5.41, 5.74) is 0.405. The number of nitrogens with zero attached hydrogens (tertiary/aromatic N) is 2. The molecule has 1 unspecified atom stereocenters. The van der Waals surface area contributed by atoms with Crippen LogP contribution in [0.1, 0.15) is 50.4 Å². The summed E-state index contributed by atoms with van der Waals surface area (Å²) in [6.07, 6.45) is 2.95. The zero-order chi connectivity index (χ0) is 21.3. The Bertz CT molecular complexity index is 944. The molecule has 6 nitrogen and oxygen atoms in total. The molecule has 2 aromatic carbocycles. The van der Waals surface area contributed by atoms with Crippen LogP contribution in [0.25, 0.3) is 10.8 Å². The zero-order valence-corrected chi connectivity index (χ0v) is 18.1. The van der Waals surface area contributed by atoms with Crippen molar-refractivity contribution in [1.29, 1.82) is 0 Å². The summed E-state index contributed by atoms with van der Waals surface area (Å²) in [6.45, 7) is 9.23. The zero-order valence-electron chi connectivity index (χ0n) is 18.1. The molecule has 2 heterocycles. The first-order chi connectivity index (χ1) is 14.3. The Hall–Kier alpha value is -2.60. The topological polar surface area (TPSA) is 61.9 Å². The Morgan fingerprint density at radius 2 is 1.70 bits per heavy atom. The summed E-state index contributed by atoms with van der Waals surface area (Å²) >= 11 is 0. The van der Waals surface area contributed by atoms with Crippen molar-refractivity contribution >= 4 is 28.5 Å². The van der Waals surface area contributed by atoms with Crippen LogP contribution in [-0.4, -0.2) is 59.6 Å². The molecule has 160 valence electrons. The number of rotatable bonds is 3. The van der Waals surface area contributed by atoms with Crippen LogP contribution in [0.5, 0.6) is 0 Å². The van der Waals surface area contributed by atoms with E-state index in [1.54, 1.807) is 0 Å². The van der Waals surface area contributed by atoms with Crippen molar-refractivity contribution in [2.45, 2.75) is 51.7 Å². The molecule has 1 atom stereocenters. The molecule has 6 heteroatoms. The lowest BCUT2D eigenvalue weighted by molar-refractivity contribution is 0.0636. The molecule has 30 heavy (non-hydrogen) atoms. The molecule has 0 aliphatic carbocycles. The van der Waals surface area contributed by atoms with E-state index in [1.807, 2.05) is 62.1 Å². The van der Waals surface area contributed by atoms with Gasteiger partial charge in [-0.3, -0.25) is 15.0 Å². The second kappa shape index (κ2) is 8.26. The molecule has 0 radical (unpaired) electrons. The van der Waals surface area contributed by atoms with Crippen LogP contribution >= 0.6 is 0 Å². The molecule has 0 bridgehead atoms. The smallest absolute Gasteiger partial charge is 0.412 e. The van der Waals surface area contributed by atoms with Crippen LogP contribution in [0.15, 0.2) is 36.4 Å². The molecular formula is C24H31N3O3. The number of hydrogen-bond acceptors (Lipinski definition) is 4. The van der Waals surface area contributed by atoms with Crippen molar-refractivity contribution in [2.75, 3.05) is 31.5 Å². The number of carbonyl (C=O) groups is 2. The number of hydrogen-bond donors (Lipinski definition) is 1. The molecular weight excluding hydrogens is 378 g/mol. The third kappa shape index (κ3) is 4.59. The summed E-state index contributed by atoms with van der Waals surface area (Å²) in [6, 6.07) is 12.1. The van der Waals surface area contributed by atoms with Gasteiger partial charge in [0.15, 0.2) is 0 Å². The average Bonchev–Trinajstić information content (AvgIpc) is 3.37. The highest BCUT2D eigenvalue weighted by molar-refractivity contribution is 6.07. The number of carbonyl (C=O) groups excluding carboxylic acids is 2. The van der Waals surface area contributed by atoms with Crippen molar-refractivity contribution in [3.63, 3.8) is 0 Å². The van der Waals surface area contributed by atoms with Crippen molar-refractivity contribution in [3.8, 4) is 0 Å². The van der Waals surface area contributed by atoms with E-state index in [9.17, 15) is 9.59 Å². The van der Waals surface area contributed by atoms with Crippen molar-refractivity contribution in [3.05, 3.63) is 42.0 Å². The monoisotopic (exact) mass is 409 g/mol. The van der Waals surface area contributed by atoms with Gasteiger partial charge in [0.2, 0.25) is 0 Å². The van der Waals surface area contributed by atoms with E-state index in [0.717, 1.165) is 43.4 Å². The van der Waals surface area contributed by atoms with Gasteiger partial charge < -0.3 is 9.64 Å². The Kier molecular flexibility index (Phi) is 5.69. The third-order valence-corrected chi connectivity index (χ3v) is 5.86. The first-order valence-corrected chi connectivity index (χ1v) is 10.9. The molecule has 4 rings (SSSR count). The fourth-order valence-corrected chi connectivity index (χ4v) is 4.44. The summed E-state index contributed by atoms with van der Waals surface area (Å²) in [5, 5.41) is 4.76. The lowest BCUT2D eigenvalue weighted by Gasteiger charge is -2.24. The second-order valence-electron chi connectivity index (χ2n) is 9.31. The highest BCUT2D eigenvalue weighted by Crippen LogP contribution is 2.28. The van der Waals surface area contributed by atoms with E-state index in [0.29, 0.717) is 17.3 Å². The van der Waals surface area contributed by atoms with Crippen molar-refractivity contribution < 1.29 is 14.3 Å². The fourth-order valence-electron chi connectivity index (χ4n) is 4.44. The number of ether oxygens (including phenoxy) is 1. The number of anilines is 1. The number of fused-ring (bicyclic) bond motifs is 1. The van der Waals surface area contributed by atoms with Crippen LogP contribution in [-0.2, 0) is 4.74 Å². The minimum absolute atomic E-state index is 0.0338. The molecule has 1 N–H and O–H groups in total. The molecule has 2 aliphatic heterocycles. The van der Waals surface area contributed by atoms with Gasteiger partial charge in [-0.05, 0) is 76.0 Å². The molecule has 2 aliphatic rings. The quantitative estimate of drug-likeness (QED) is 0.811. The van der Waals surface area contributed by atoms with Crippen LogP contribution in [0, 0.1) is 0 Å². The largest absolute Gasteiger partial charge is 0.444 e. The van der Waals surface area contributed by atoms with Gasteiger partial charge in [-0.1, -0.05) is 24.3 Å². The maximum Gasteiger partial charge on any atom is 0.412 e. The normalized spacial score (nSPS) is 20.0. The maximum absolute atomic E-state index is 13.5. The van der Waals surface area contributed by atoms with Crippen LogP contribution in [0.4, 0.5) is 10.5 Å². The van der Waals surface area contributed by atoms with Gasteiger partial charge in [0.25, 0.3) is 5.91 Å². The van der Waals surface area contributed by atoms with E-state index in [2.05, 4.69) is 10.2 Å². The van der Waals surface area contributed by atoms with Crippen molar-refractivity contribution in [1.82, 2.24) is 9.80 Å². The molecule has 0 aromatic heterocycles. The van der Waals surface area contributed by atoms with Crippen molar-refractivity contribution in [2.24, 2.45) is 0 Å². The molecule has 2 saturated heterocycles. The summed E-state index contributed by atoms with van der Waals surface area (Å²) in [4.78, 5) is 30.3. The number of amides is 2. The van der Waals surface area contributed by atoms with E-state index in [-0.39, 0.29) is 5.91 Å². The molecule has 2 aromatic rings. The SMILES string of the molecule is CC(C)(C)OC(=O)Nc1cc2ccccc2cc1C(=O)N1CCC(N2CCCC2)C1. The minimum atomic E-state index is -0.608. The Balaban J connectivity index is 1.59. The Morgan fingerprint density at radius 1 is 1.03 bits per heavy atom. The van der Waals surface area contributed by atoms with Crippen LogP contribution in [0.2, 0.25) is 0 Å². The highest BCUT2D eigenvalue weighted by atomic mass is 16.6. The minimum Gasteiger partial charge on any atom is -0.444 e. The summed E-state index contributed by atoms with van der Waals surface area (Å²) in [5.74, 6) is -0.0338. The third-order valence-electron chi connectivity index (χ3n) is 5.86. The van der Waals surface area contributed by atoms with Gasteiger partial charge in [0, 0.05) is 19.1 Å². The van der Waals surface area contributed by atoms with E-state index >= 15 is 0 Å². The molecule has 2 amide bonds. The van der Waals surface area contributed by atoms with E-state index in [1.165, 1.54) is 12.8 Å². The van der Waals surface area contributed by atoms with E-state index < -0.39 is 11.7 Å². The van der Waals surface area contributed by atoms with Gasteiger partial charge in [0.1, 0.15) is 5.60 Å². The Morgan fingerprint density at radius 3 is 2.37 bits per heavy atom. The lowest BCUT2D eigenvalue weighted by atomic mass is 10.0. The van der Waals surface area contributed by atoms with Crippen LogP contribution in [0.3, 0.4) is 0 Å². The Labute approximate surface area is 178 Å². The predicted molar refractivity (Wildman–Crippen MR) is 119 cm³/mol. The van der Waals surface area contributed by atoms with Crippen LogP contribution < -0.4 is 5.32 Å². The first-order valence-electron chi connectivity index (χ1n) is 10.9. The average molecular weight is 410 g/mol. The summed E-state index contributed by atoms with van der Waals surface area (Å²) in [7, 11) is 0. The first kappa shape index (κ1) is 20.7. The van der Waals surface area contributed by atoms with Gasteiger partial charge in [-0.15, -0.1) is 0 Å². The molecule has 0 spiro atoms. The number of nitrogens with one attached hydrogen (secondary N) is 1. The fraction of sp³-hybridized carbons (Fsp3) is 0.500. The van der Waals surface area contributed by atoms with E-state index in [4.69, 9.17) is 4.74 Å². The molecule has 2 fully saturated rings. The number of benzene rings is 2. The maximum atomic E-state index is 13.5. The second-order valence-corrected chi connectivity index (χ2v) is 9.31. The van der Waals surface area contributed by atoms with Gasteiger partial charge in [-0.2, -0.15) is 0 Å². The van der Waals surface area contributed by atoms with Gasteiger partial charge >= 0.3 is 6.09 Å². The standard InChI is InChI=1S/C24H31N3O3/c1-24(2,3)30-23(29)25-21-15-18-9-5-4-8-17(18)14-20(21)22(28)27-13-10-19(16-27)26-11-6-7-12-26/h4-5,8-9,14-15,19H,6-7,10-13,16H2,1-3H3,(H,25,29). The summed E-state index contributed by atoms with van der Waals surface area (Å²) < 4.78 is 5.42. The van der Waals surface area contributed by atoms with Gasteiger partial charge in [-0.25, -0.2) is 4.79 Å². The molecule has 0 saturated carbocycles. The number of likely N-dealkylation sites (tertiary alicyclic amines) is 2. The lowest BCUT2D eigenvalue weighted by Crippen LogP contribution is -2.37.